The molecule has 8 heteroatoms. The molecule has 2 aliphatic rings. The van der Waals surface area contributed by atoms with Gasteiger partial charge in [0.1, 0.15) is 17.8 Å². The number of piperazine rings is 1. The zero-order chi connectivity index (χ0) is 17.7. The van der Waals surface area contributed by atoms with Crippen molar-refractivity contribution in [3.8, 4) is 5.06 Å². The Morgan fingerprint density at radius 2 is 2.12 bits per heavy atom. The van der Waals surface area contributed by atoms with Crippen LogP contribution in [0.1, 0.15) is 23.2 Å². The third-order valence-corrected chi connectivity index (χ3v) is 6.26. The number of hydrogen-bond donors (Lipinski definition) is 1. The number of aromatic amines is 1. The topological polar surface area (TPSA) is 74.3 Å². The summed E-state index contributed by atoms with van der Waals surface area (Å²) in [7, 11) is 1.63. The summed E-state index contributed by atoms with van der Waals surface area (Å²) in [5.74, 6) is 1.07. The van der Waals surface area contributed by atoms with Crippen molar-refractivity contribution in [2.24, 2.45) is 0 Å². The summed E-state index contributed by atoms with van der Waals surface area (Å²) in [6, 6.07) is 4.29. The van der Waals surface area contributed by atoms with E-state index < -0.39 is 0 Å². The largest absolute Gasteiger partial charge is 0.487 e. The number of nitrogens with one attached hydrogen (secondary N) is 1. The maximum atomic E-state index is 13.0. The molecule has 0 radical (unpaired) electrons. The summed E-state index contributed by atoms with van der Waals surface area (Å²) in [4.78, 5) is 29.3. The summed E-state index contributed by atoms with van der Waals surface area (Å²) >= 11 is 1.46. The Hall–Kier alpha value is -2.61. The molecule has 5 heterocycles. The van der Waals surface area contributed by atoms with Crippen LogP contribution in [-0.2, 0) is 0 Å². The lowest BCUT2D eigenvalue weighted by Gasteiger charge is -2.41. The quantitative estimate of drug-likeness (QED) is 0.768. The van der Waals surface area contributed by atoms with E-state index in [0.717, 1.165) is 53.4 Å². The van der Waals surface area contributed by atoms with E-state index in [1.54, 1.807) is 13.4 Å². The fourth-order valence-electron chi connectivity index (χ4n) is 4.20. The number of thiophene rings is 1. The molecule has 0 aromatic carbocycles. The molecule has 7 nitrogen and oxygen atoms in total. The summed E-state index contributed by atoms with van der Waals surface area (Å²) in [6.45, 7) is 1.61. The van der Waals surface area contributed by atoms with Gasteiger partial charge >= 0.3 is 0 Å². The van der Waals surface area contributed by atoms with Crippen molar-refractivity contribution in [2.45, 2.75) is 24.9 Å². The standard InChI is InChI=1S/C18H19N5O2S/c1-25-15-6-11(9-26-15)18(24)23-12-2-3-13(23)8-22(7-12)17-14-4-5-19-16(14)20-10-21-17/h4-6,9-10,12-13H,2-3,7-8H2,1H3,(H,19,20,21)/t12-,13?/m0/s1. The molecule has 2 saturated heterocycles. The molecule has 0 saturated carbocycles. The number of hydrogen-bond acceptors (Lipinski definition) is 6. The van der Waals surface area contributed by atoms with Crippen LogP contribution in [0.5, 0.6) is 5.06 Å². The number of carbonyl (C=O) groups excluding carboxylic acids is 1. The number of ether oxygens (including phenoxy) is 1. The van der Waals surface area contributed by atoms with Crippen molar-refractivity contribution in [3.63, 3.8) is 0 Å². The van der Waals surface area contributed by atoms with Crippen molar-refractivity contribution in [2.75, 3.05) is 25.1 Å². The highest BCUT2D eigenvalue weighted by Gasteiger charge is 2.43. The Morgan fingerprint density at radius 1 is 1.31 bits per heavy atom. The molecule has 134 valence electrons. The molecule has 1 N–H and O–H groups in total. The van der Waals surface area contributed by atoms with E-state index >= 15 is 0 Å². The van der Waals surface area contributed by atoms with Gasteiger partial charge in [-0.2, -0.15) is 0 Å². The van der Waals surface area contributed by atoms with Gasteiger partial charge in [0.15, 0.2) is 5.06 Å². The third-order valence-electron chi connectivity index (χ3n) is 5.37. The number of fused-ring (bicyclic) bond motifs is 3. The first-order chi connectivity index (χ1) is 12.7. The van der Waals surface area contributed by atoms with E-state index in [1.165, 1.54) is 11.3 Å². The zero-order valence-electron chi connectivity index (χ0n) is 14.4. The molecule has 2 bridgehead atoms. The molecule has 3 aromatic heterocycles. The smallest absolute Gasteiger partial charge is 0.255 e. The molecule has 26 heavy (non-hydrogen) atoms. The van der Waals surface area contributed by atoms with Crippen LogP contribution in [-0.4, -0.2) is 58.0 Å². The van der Waals surface area contributed by atoms with E-state index in [-0.39, 0.29) is 18.0 Å². The number of nitrogens with zero attached hydrogens (tertiary/aromatic N) is 4. The summed E-state index contributed by atoms with van der Waals surface area (Å²) in [5, 5.41) is 3.70. The van der Waals surface area contributed by atoms with Gasteiger partial charge in [-0.05, 0) is 18.9 Å². The number of aromatic nitrogens is 3. The molecule has 1 amide bonds. The number of anilines is 1. The minimum atomic E-state index is 0.117. The Labute approximate surface area is 154 Å². The fraction of sp³-hybridized carbons (Fsp3) is 0.389. The highest BCUT2D eigenvalue weighted by Crippen LogP contribution is 2.36. The van der Waals surface area contributed by atoms with Crippen LogP contribution >= 0.6 is 11.3 Å². The molecule has 2 fully saturated rings. The van der Waals surface area contributed by atoms with Gasteiger partial charge < -0.3 is 19.5 Å². The maximum Gasteiger partial charge on any atom is 0.255 e. The van der Waals surface area contributed by atoms with Gasteiger partial charge in [0, 0.05) is 30.7 Å². The molecular formula is C18H19N5O2S. The van der Waals surface area contributed by atoms with Gasteiger partial charge in [-0.1, -0.05) is 0 Å². The summed E-state index contributed by atoms with van der Waals surface area (Å²) in [5.41, 5.74) is 1.58. The normalized spacial score (nSPS) is 22.2. The second-order valence-corrected chi connectivity index (χ2v) is 7.67. The van der Waals surface area contributed by atoms with E-state index in [2.05, 4.69) is 24.8 Å². The second-order valence-electron chi connectivity index (χ2n) is 6.80. The van der Waals surface area contributed by atoms with Gasteiger partial charge in [-0.25, -0.2) is 9.97 Å². The van der Waals surface area contributed by atoms with Gasteiger partial charge in [0.2, 0.25) is 0 Å². The van der Waals surface area contributed by atoms with Crippen molar-refractivity contribution in [3.05, 3.63) is 35.6 Å². The van der Waals surface area contributed by atoms with Gasteiger partial charge in [-0.15, -0.1) is 11.3 Å². The van der Waals surface area contributed by atoms with Crippen LogP contribution in [0.4, 0.5) is 5.82 Å². The Balaban J connectivity index is 1.41. The van der Waals surface area contributed by atoms with Crippen molar-refractivity contribution in [1.29, 1.82) is 0 Å². The third kappa shape index (κ3) is 2.36. The lowest BCUT2D eigenvalue weighted by atomic mass is 10.1. The molecule has 0 aliphatic carbocycles. The summed E-state index contributed by atoms with van der Waals surface area (Å²) in [6.07, 6.45) is 5.57. The Bertz CT molecular complexity index is 953. The SMILES string of the molecule is COc1cc(C(=O)N2C3CC[C@H]2CN(c2ncnc4[nH]ccc24)C3)cs1. The van der Waals surface area contributed by atoms with Crippen molar-refractivity contribution >= 4 is 34.1 Å². The van der Waals surface area contributed by atoms with Crippen LogP contribution < -0.4 is 9.64 Å². The Morgan fingerprint density at radius 3 is 2.85 bits per heavy atom. The second kappa shape index (κ2) is 5.98. The molecule has 0 spiro atoms. The van der Waals surface area contributed by atoms with Gasteiger partial charge in [-0.3, -0.25) is 4.79 Å². The van der Waals surface area contributed by atoms with E-state index in [1.807, 2.05) is 23.7 Å². The number of methoxy groups -OCH3 is 1. The highest BCUT2D eigenvalue weighted by molar-refractivity contribution is 7.12. The van der Waals surface area contributed by atoms with Crippen LogP contribution in [0.15, 0.2) is 30.0 Å². The predicted molar refractivity (Wildman–Crippen MR) is 100.0 cm³/mol. The number of rotatable bonds is 3. The van der Waals surface area contributed by atoms with Crippen LogP contribution in [0, 0.1) is 0 Å². The Kier molecular flexibility index (Phi) is 3.59. The minimum absolute atomic E-state index is 0.117. The first kappa shape index (κ1) is 15.6. The van der Waals surface area contributed by atoms with Gasteiger partial charge in [0.25, 0.3) is 5.91 Å². The van der Waals surface area contributed by atoms with Crippen LogP contribution in [0.25, 0.3) is 11.0 Å². The molecule has 2 atom stereocenters. The molecule has 3 aromatic rings. The minimum Gasteiger partial charge on any atom is -0.487 e. The first-order valence-corrected chi connectivity index (χ1v) is 9.61. The molecule has 5 rings (SSSR count). The zero-order valence-corrected chi connectivity index (χ0v) is 15.2. The van der Waals surface area contributed by atoms with E-state index in [4.69, 9.17) is 4.74 Å². The van der Waals surface area contributed by atoms with E-state index in [0.29, 0.717) is 0 Å². The lowest BCUT2D eigenvalue weighted by Crippen LogP contribution is -2.56. The van der Waals surface area contributed by atoms with Crippen molar-refractivity contribution < 1.29 is 9.53 Å². The van der Waals surface area contributed by atoms with E-state index in [9.17, 15) is 4.79 Å². The fourth-order valence-corrected chi connectivity index (χ4v) is 4.91. The average Bonchev–Trinajstić information content (AvgIpc) is 3.38. The predicted octanol–water partition coefficient (Wildman–Crippen LogP) is 2.52. The molecule has 2 aliphatic heterocycles. The number of amides is 1. The van der Waals surface area contributed by atoms with Crippen molar-refractivity contribution in [1.82, 2.24) is 19.9 Å². The molecule has 1 unspecified atom stereocenters. The molecular weight excluding hydrogens is 350 g/mol. The number of H-pyrrole nitrogens is 1. The van der Waals surface area contributed by atoms with Crippen LogP contribution in [0.3, 0.4) is 0 Å². The average molecular weight is 369 g/mol. The summed E-state index contributed by atoms with van der Waals surface area (Å²) < 4.78 is 5.23. The maximum absolute atomic E-state index is 13.0. The van der Waals surface area contributed by atoms with Gasteiger partial charge in [0.05, 0.1) is 30.1 Å². The lowest BCUT2D eigenvalue weighted by molar-refractivity contribution is 0.0641. The highest BCUT2D eigenvalue weighted by atomic mass is 32.1. The van der Waals surface area contributed by atoms with Crippen LogP contribution in [0.2, 0.25) is 0 Å². The number of carbonyl (C=O) groups is 1. The monoisotopic (exact) mass is 369 g/mol. The first-order valence-electron chi connectivity index (χ1n) is 8.73.